The normalized spacial score (nSPS) is 16.9. The summed E-state index contributed by atoms with van der Waals surface area (Å²) in [5.41, 5.74) is 3.12. The maximum absolute atomic E-state index is 12.3. The third-order valence-corrected chi connectivity index (χ3v) is 4.05. The highest BCUT2D eigenvalue weighted by molar-refractivity contribution is 6.11. The van der Waals surface area contributed by atoms with Crippen molar-refractivity contribution < 1.29 is 4.84 Å². The van der Waals surface area contributed by atoms with Crippen LogP contribution in [-0.4, -0.2) is 17.4 Å². The smallest absolute Gasteiger partial charge is 0.255 e. The molecule has 2 aromatic rings. The predicted molar refractivity (Wildman–Crippen MR) is 92.6 cm³/mol. The highest BCUT2D eigenvalue weighted by atomic mass is 16.6. The number of hydrogen-bond donors (Lipinski definition) is 0. The lowest BCUT2D eigenvalue weighted by atomic mass is 9.75. The van der Waals surface area contributed by atoms with Crippen molar-refractivity contribution in [1.29, 1.82) is 5.26 Å². The molecule has 0 unspecified atom stereocenters. The Balaban J connectivity index is 2.36. The monoisotopic (exact) mass is 319 g/mol. The molecule has 3 rings (SSSR count). The third-order valence-electron chi connectivity index (χ3n) is 4.05. The minimum absolute atomic E-state index is 0.125. The van der Waals surface area contributed by atoms with Gasteiger partial charge in [0, 0.05) is 28.8 Å². The summed E-state index contributed by atoms with van der Waals surface area (Å²) in [6, 6.07) is 12.6. The van der Waals surface area contributed by atoms with Gasteiger partial charge in [0.2, 0.25) is 0 Å². The maximum atomic E-state index is 12.3. The van der Waals surface area contributed by atoms with E-state index in [1.807, 2.05) is 32.1 Å². The van der Waals surface area contributed by atoms with Crippen molar-refractivity contribution in [3.05, 3.63) is 75.7 Å². The molecule has 0 saturated carbocycles. The zero-order valence-electron chi connectivity index (χ0n) is 13.8. The molecule has 1 heterocycles. The quantitative estimate of drug-likeness (QED) is 0.799. The SMILES string of the molecule is CO/N=C1\c2ccc(C#N)cc2C(n2ccccc2=O)=CC1(C)C. The van der Waals surface area contributed by atoms with Crippen LogP contribution < -0.4 is 5.56 Å². The summed E-state index contributed by atoms with van der Waals surface area (Å²) in [6.45, 7) is 4.03. The Morgan fingerprint density at radius 1 is 1.21 bits per heavy atom. The number of allylic oxidation sites excluding steroid dienone is 1. The van der Waals surface area contributed by atoms with E-state index in [-0.39, 0.29) is 5.56 Å². The van der Waals surface area contributed by atoms with Gasteiger partial charge in [-0.25, -0.2) is 0 Å². The van der Waals surface area contributed by atoms with E-state index < -0.39 is 5.41 Å². The number of aromatic nitrogens is 1. The van der Waals surface area contributed by atoms with Crippen LogP contribution >= 0.6 is 0 Å². The van der Waals surface area contributed by atoms with Crippen molar-refractivity contribution >= 4 is 11.4 Å². The molecule has 5 heteroatoms. The molecule has 0 aliphatic heterocycles. The molecular formula is C19H17N3O2. The molecule has 24 heavy (non-hydrogen) atoms. The molecule has 1 aliphatic rings. The molecule has 0 saturated heterocycles. The van der Waals surface area contributed by atoms with Crippen molar-refractivity contribution in [2.75, 3.05) is 7.11 Å². The standard InChI is InChI=1S/C19H17N3O2/c1-19(2)11-16(22-9-5-4-6-17(22)23)15-10-13(12-20)7-8-14(15)18(19)21-24-3/h4-11H,1-3H3/b21-18+. The zero-order valence-corrected chi connectivity index (χ0v) is 13.8. The molecule has 120 valence electrons. The van der Waals surface area contributed by atoms with Crippen LogP contribution in [0.3, 0.4) is 0 Å². The van der Waals surface area contributed by atoms with Crippen LogP contribution in [-0.2, 0) is 4.84 Å². The average Bonchev–Trinajstić information content (AvgIpc) is 2.57. The lowest BCUT2D eigenvalue weighted by Gasteiger charge is -2.31. The highest BCUT2D eigenvalue weighted by Crippen LogP contribution is 2.37. The van der Waals surface area contributed by atoms with E-state index in [2.05, 4.69) is 11.2 Å². The summed E-state index contributed by atoms with van der Waals surface area (Å²) in [6.07, 6.45) is 3.71. The van der Waals surface area contributed by atoms with Crippen LogP contribution in [0.25, 0.3) is 5.70 Å². The Kier molecular flexibility index (Phi) is 3.82. The summed E-state index contributed by atoms with van der Waals surface area (Å²) in [7, 11) is 1.51. The van der Waals surface area contributed by atoms with E-state index in [4.69, 9.17) is 4.84 Å². The Morgan fingerprint density at radius 3 is 2.67 bits per heavy atom. The van der Waals surface area contributed by atoms with Crippen molar-refractivity contribution in [2.24, 2.45) is 10.6 Å². The molecule has 0 atom stereocenters. The van der Waals surface area contributed by atoms with Gasteiger partial charge >= 0.3 is 0 Å². The van der Waals surface area contributed by atoms with Crippen LogP contribution in [0.4, 0.5) is 0 Å². The number of pyridine rings is 1. The van der Waals surface area contributed by atoms with Gasteiger partial charge in [0.25, 0.3) is 5.56 Å². The predicted octanol–water partition coefficient (Wildman–Crippen LogP) is 3.00. The zero-order chi connectivity index (χ0) is 17.3. The first kappa shape index (κ1) is 15.8. The average molecular weight is 319 g/mol. The van der Waals surface area contributed by atoms with E-state index in [9.17, 15) is 10.1 Å². The topological polar surface area (TPSA) is 67.4 Å². The van der Waals surface area contributed by atoms with Crippen LogP contribution in [0.5, 0.6) is 0 Å². The van der Waals surface area contributed by atoms with Gasteiger partial charge < -0.3 is 4.84 Å². The fraction of sp³-hybridized carbons (Fsp3) is 0.211. The van der Waals surface area contributed by atoms with Crippen molar-refractivity contribution in [2.45, 2.75) is 13.8 Å². The summed E-state index contributed by atoms with van der Waals surface area (Å²) in [4.78, 5) is 17.3. The van der Waals surface area contributed by atoms with Crippen LogP contribution in [0.2, 0.25) is 0 Å². The molecule has 1 aromatic carbocycles. The summed E-state index contributed by atoms with van der Waals surface area (Å²) in [5, 5.41) is 13.4. The largest absolute Gasteiger partial charge is 0.399 e. The summed E-state index contributed by atoms with van der Waals surface area (Å²) >= 11 is 0. The fourth-order valence-corrected chi connectivity index (χ4v) is 2.95. The van der Waals surface area contributed by atoms with Gasteiger partial charge in [0.15, 0.2) is 0 Å². The second-order valence-corrected chi connectivity index (χ2v) is 6.15. The highest BCUT2D eigenvalue weighted by Gasteiger charge is 2.33. The molecular weight excluding hydrogens is 302 g/mol. The molecule has 0 N–H and O–H groups in total. The van der Waals surface area contributed by atoms with Gasteiger partial charge in [-0.3, -0.25) is 9.36 Å². The van der Waals surface area contributed by atoms with Gasteiger partial charge in [-0.2, -0.15) is 5.26 Å². The van der Waals surface area contributed by atoms with Crippen LogP contribution in [0, 0.1) is 16.7 Å². The number of benzene rings is 1. The second-order valence-electron chi connectivity index (χ2n) is 6.15. The van der Waals surface area contributed by atoms with Gasteiger partial charge in [0.1, 0.15) is 7.11 Å². The van der Waals surface area contributed by atoms with E-state index >= 15 is 0 Å². The van der Waals surface area contributed by atoms with Gasteiger partial charge in [-0.05, 0) is 24.3 Å². The van der Waals surface area contributed by atoms with Crippen LogP contribution in [0.1, 0.15) is 30.5 Å². The molecule has 5 nitrogen and oxygen atoms in total. The molecule has 0 amide bonds. The number of nitrogens with zero attached hydrogens (tertiary/aromatic N) is 3. The van der Waals surface area contributed by atoms with Crippen molar-refractivity contribution in [3.63, 3.8) is 0 Å². The molecule has 0 bridgehead atoms. The molecule has 0 radical (unpaired) electrons. The van der Waals surface area contributed by atoms with E-state index in [0.717, 1.165) is 22.5 Å². The lowest BCUT2D eigenvalue weighted by molar-refractivity contribution is 0.210. The minimum atomic E-state index is -0.429. The Bertz CT molecular complexity index is 959. The summed E-state index contributed by atoms with van der Waals surface area (Å²) < 4.78 is 1.59. The lowest BCUT2D eigenvalue weighted by Crippen LogP contribution is -2.31. The molecule has 1 aliphatic carbocycles. The van der Waals surface area contributed by atoms with E-state index in [1.165, 1.54) is 13.2 Å². The van der Waals surface area contributed by atoms with E-state index in [1.54, 1.807) is 29.0 Å². The molecule has 0 fully saturated rings. The Morgan fingerprint density at radius 2 is 2.00 bits per heavy atom. The Hall–Kier alpha value is -3.13. The van der Waals surface area contributed by atoms with Crippen LogP contribution in [0.15, 0.2) is 58.6 Å². The minimum Gasteiger partial charge on any atom is -0.399 e. The number of fused-ring (bicyclic) bond motifs is 1. The Labute approximate surface area is 140 Å². The van der Waals surface area contributed by atoms with Crippen molar-refractivity contribution in [3.8, 4) is 6.07 Å². The first-order chi connectivity index (χ1) is 11.5. The first-order valence-corrected chi connectivity index (χ1v) is 7.55. The maximum Gasteiger partial charge on any atom is 0.255 e. The van der Waals surface area contributed by atoms with Crippen molar-refractivity contribution in [1.82, 2.24) is 4.57 Å². The first-order valence-electron chi connectivity index (χ1n) is 7.55. The van der Waals surface area contributed by atoms with Gasteiger partial charge in [0.05, 0.1) is 23.0 Å². The summed E-state index contributed by atoms with van der Waals surface area (Å²) in [5.74, 6) is 0. The van der Waals surface area contributed by atoms with Gasteiger partial charge in [-0.1, -0.05) is 31.1 Å². The fourth-order valence-electron chi connectivity index (χ4n) is 2.95. The second kappa shape index (κ2) is 5.82. The molecule has 0 spiro atoms. The van der Waals surface area contributed by atoms with Gasteiger partial charge in [-0.15, -0.1) is 0 Å². The third kappa shape index (κ3) is 2.52. The number of nitriles is 1. The number of hydrogen-bond acceptors (Lipinski definition) is 4. The van der Waals surface area contributed by atoms with E-state index in [0.29, 0.717) is 5.56 Å². The number of rotatable bonds is 2. The molecule has 1 aromatic heterocycles. The number of oxime groups is 1.